The highest BCUT2D eigenvalue weighted by Crippen LogP contribution is 2.25. The highest BCUT2D eigenvalue weighted by Gasteiger charge is 2.32. The van der Waals surface area contributed by atoms with Crippen LogP contribution < -0.4 is 0 Å². The standard InChI is InChI=1S/C30H27N3O3/c1-30(2,3)36-28(34)19-33-27(15-13-20-12-14-21-8-4-5-9-22(21)16-20)32-26(29(33)35)17-23-18-31-25-11-7-6-10-24(23)25/h4-18,31H,19H2,1-3H3/b15-13+,26-17-. The van der Waals surface area contributed by atoms with Crippen LogP contribution in [0.4, 0.5) is 0 Å². The Morgan fingerprint density at radius 1 is 1.00 bits per heavy atom. The summed E-state index contributed by atoms with van der Waals surface area (Å²) in [5, 5.41) is 3.26. The number of aliphatic imine (C=N–C) groups is 1. The molecular weight excluding hydrogens is 450 g/mol. The van der Waals surface area contributed by atoms with Gasteiger partial charge >= 0.3 is 5.97 Å². The lowest BCUT2D eigenvalue weighted by Crippen LogP contribution is -2.39. The molecule has 36 heavy (non-hydrogen) atoms. The number of H-pyrrole nitrogens is 1. The first kappa shape index (κ1) is 23.3. The fraction of sp³-hybridized carbons (Fsp3) is 0.167. The molecule has 6 heteroatoms. The lowest BCUT2D eigenvalue weighted by Gasteiger charge is -2.22. The maximum absolute atomic E-state index is 13.4. The number of carbonyl (C=O) groups is 2. The second kappa shape index (κ2) is 9.30. The van der Waals surface area contributed by atoms with Crippen molar-refractivity contribution in [1.82, 2.24) is 9.88 Å². The van der Waals surface area contributed by atoms with Crippen LogP contribution in [0, 0.1) is 0 Å². The summed E-state index contributed by atoms with van der Waals surface area (Å²) in [6.45, 7) is 5.18. The van der Waals surface area contributed by atoms with Gasteiger partial charge < -0.3 is 9.72 Å². The molecule has 1 amide bonds. The van der Waals surface area contributed by atoms with Gasteiger partial charge in [0, 0.05) is 22.7 Å². The van der Waals surface area contributed by atoms with Crippen LogP contribution in [-0.4, -0.2) is 39.7 Å². The van der Waals surface area contributed by atoms with Crippen LogP contribution in [0.15, 0.2) is 89.7 Å². The highest BCUT2D eigenvalue weighted by molar-refractivity contribution is 6.20. The maximum Gasteiger partial charge on any atom is 0.326 e. The number of carbonyl (C=O) groups excluding carboxylic acids is 2. The van der Waals surface area contributed by atoms with Crippen LogP contribution in [0.2, 0.25) is 0 Å². The van der Waals surface area contributed by atoms with Crippen LogP contribution in [0.25, 0.3) is 33.8 Å². The Morgan fingerprint density at radius 2 is 1.75 bits per heavy atom. The number of amidine groups is 1. The van der Waals surface area contributed by atoms with E-state index in [4.69, 9.17) is 4.74 Å². The van der Waals surface area contributed by atoms with Crippen molar-refractivity contribution < 1.29 is 14.3 Å². The van der Waals surface area contributed by atoms with Crippen LogP contribution >= 0.6 is 0 Å². The van der Waals surface area contributed by atoms with E-state index >= 15 is 0 Å². The summed E-state index contributed by atoms with van der Waals surface area (Å²) in [7, 11) is 0. The summed E-state index contributed by atoms with van der Waals surface area (Å²) in [6.07, 6.45) is 7.26. The molecule has 0 spiro atoms. The summed E-state index contributed by atoms with van der Waals surface area (Å²) in [5.74, 6) is -0.439. The number of hydrogen-bond acceptors (Lipinski definition) is 4. The van der Waals surface area contributed by atoms with Crippen LogP contribution in [0.1, 0.15) is 31.9 Å². The molecule has 2 heterocycles. The largest absolute Gasteiger partial charge is 0.459 e. The third-order valence-corrected chi connectivity index (χ3v) is 5.79. The summed E-state index contributed by atoms with van der Waals surface area (Å²) in [4.78, 5) is 35.1. The number of hydrogen-bond donors (Lipinski definition) is 1. The Bertz CT molecular complexity index is 1570. The first-order chi connectivity index (χ1) is 17.3. The number of aromatic amines is 1. The average molecular weight is 478 g/mol. The Labute approximate surface area is 209 Å². The van der Waals surface area contributed by atoms with E-state index in [-0.39, 0.29) is 18.1 Å². The van der Waals surface area contributed by atoms with Crippen molar-refractivity contribution in [2.45, 2.75) is 26.4 Å². The lowest BCUT2D eigenvalue weighted by atomic mass is 10.1. The van der Waals surface area contributed by atoms with Gasteiger partial charge in [-0.05, 0) is 61.4 Å². The molecule has 1 aliphatic rings. The molecular formula is C30H27N3O3. The Kier molecular flexibility index (Phi) is 6.02. The second-order valence-corrected chi connectivity index (χ2v) is 9.71. The molecule has 1 N–H and O–H groups in total. The zero-order valence-electron chi connectivity index (χ0n) is 20.5. The van der Waals surface area contributed by atoms with E-state index in [0.29, 0.717) is 5.84 Å². The number of aromatic nitrogens is 1. The van der Waals surface area contributed by atoms with Gasteiger partial charge in [0.2, 0.25) is 0 Å². The minimum atomic E-state index is -0.652. The van der Waals surface area contributed by atoms with E-state index < -0.39 is 11.6 Å². The van der Waals surface area contributed by atoms with Crippen molar-refractivity contribution in [3.8, 4) is 0 Å². The number of fused-ring (bicyclic) bond motifs is 2. The molecule has 0 saturated carbocycles. The Balaban J connectivity index is 1.49. The number of rotatable bonds is 5. The zero-order chi connectivity index (χ0) is 25.3. The molecule has 0 bridgehead atoms. The molecule has 0 saturated heterocycles. The smallest absolute Gasteiger partial charge is 0.326 e. The van der Waals surface area contributed by atoms with Crippen molar-refractivity contribution in [2.24, 2.45) is 4.99 Å². The van der Waals surface area contributed by atoms with Crippen molar-refractivity contribution >= 4 is 51.5 Å². The number of esters is 1. The van der Waals surface area contributed by atoms with Crippen LogP contribution in [0.3, 0.4) is 0 Å². The molecule has 0 atom stereocenters. The highest BCUT2D eigenvalue weighted by atomic mass is 16.6. The maximum atomic E-state index is 13.4. The minimum Gasteiger partial charge on any atom is -0.459 e. The van der Waals surface area contributed by atoms with Crippen molar-refractivity contribution in [2.75, 3.05) is 6.54 Å². The average Bonchev–Trinajstić information content (AvgIpc) is 3.38. The second-order valence-electron chi connectivity index (χ2n) is 9.71. The molecule has 4 aromatic rings. The van der Waals surface area contributed by atoms with Gasteiger partial charge in [0.1, 0.15) is 23.7 Å². The van der Waals surface area contributed by atoms with Gasteiger partial charge in [-0.25, -0.2) is 4.99 Å². The number of nitrogens with one attached hydrogen (secondary N) is 1. The minimum absolute atomic E-state index is 0.220. The first-order valence-corrected chi connectivity index (χ1v) is 11.8. The number of benzene rings is 3. The first-order valence-electron chi connectivity index (χ1n) is 11.8. The monoisotopic (exact) mass is 477 g/mol. The Hall–Kier alpha value is -4.45. The molecule has 0 unspecified atom stereocenters. The summed E-state index contributed by atoms with van der Waals surface area (Å²) < 4.78 is 5.47. The SMILES string of the molecule is CC(C)(C)OC(=O)CN1C(=O)/C(=C/c2c[nH]c3ccccc23)N=C1/C=C/c1ccc2ccccc2c1. The van der Waals surface area contributed by atoms with E-state index in [2.05, 4.69) is 34.2 Å². The van der Waals surface area contributed by atoms with Crippen molar-refractivity contribution in [3.05, 3.63) is 95.8 Å². The molecule has 1 aromatic heterocycles. The molecule has 6 nitrogen and oxygen atoms in total. The molecule has 0 radical (unpaired) electrons. The van der Waals surface area contributed by atoms with Gasteiger partial charge in [-0.15, -0.1) is 0 Å². The lowest BCUT2D eigenvalue weighted by molar-refractivity contribution is -0.156. The molecule has 3 aromatic carbocycles. The molecule has 5 rings (SSSR count). The predicted octanol–water partition coefficient (Wildman–Crippen LogP) is 5.96. The number of para-hydroxylation sites is 1. The topological polar surface area (TPSA) is 74.8 Å². The fourth-order valence-corrected chi connectivity index (χ4v) is 4.19. The summed E-state index contributed by atoms with van der Waals surface area (Å²) in [6, 6.07) is 22.1. The van der Waals surface area contributed by atoms with E-state index in [9.17, 15) is 9.59 Å². The predicted molar refractivity (Wildman–Crippen MR) is 144 cm³/mol. The molecule has 0 aliphatic carbocycles. The van der Waals surface area contributed by atoms with Crippen LogP contribution in [0.5, 0.6) is 0 Å². The number of amides is 1. The zero-order valence-corrected chi connectivity index (χ0v) is 20.5. The van der Waals surface area contributed by atoms with Gasteiger partial charge in [-0.3, -0.25) is 14.5 Å². The Morgan fingerprint density at radius 3 is 2.56 bits per heavy atom. The fourth-order valence-electron chi connectivity index (χ4n) is 4.19. The summed E-state index contributed by atoms with van der Waals surface area (Å²) in [5.41, 5.74) is 2.41. The van der Waals surface area contributed by atoms with Gasteiger partial charge in [-0.2, -0.15) is 0 Å². The van der Waals surface area contributed by atoms with Gasteiger partial charge in [-0.1, -0.05) is 60.7 Å². The van der Waals surface area contributed by atoms with Gasteiger partial charge in [0.05, 0.1) is 0 Å². The van der Waals surface area contributed by atoms with Crippen LogP contribution in [-0.2, 0) is 14.3 Å². The van der Waals surface area contributed by atoms with Crippen molar-refractivity contribution in [3.63, 3.8) is 0 Å². The molecule has 180 valence electrons. The van der Waals surface area contributed by atoms with E-state index in [1.54, 1.807) is 32.9 Å². The summed E-state index contributed by atoms with van der Waals surface area (Å²) >= 11 is 0. The van der Waals surface area contributed by atoms with Gasteiger partial charge in [0.25, 0.3) is 5.91 Å². The van der Waals surface area contributed by atoms with E-state index in [0.717, 1.165) is 32.8 Å². The van der Waals surface area contributed by atoms with E-state index in [1.807, 2.05) is 54.7 Å². The third-order valence-electron chi connectivity index (χ3n) is 5.79. The quantitative estimate of drug-likeness (QED) is 0.285. The molecule has 1 aliphatic heterocycles. The number of ether oxygens (including phenoxy) is 1. The number of nitrogens with zero attached hydrogens (tertiary/aromatic N) is 2. The molecule has 0 fully saturated rings. The third kappa shape index (κ3) is 4.98. The normalized spacial score (nSPS) is 15.4. The van der Waals surface area contributed by atoms with Crippen molar-refractivity contribution in [1.29, 1.82) is 0 Å². The van der Waals surface area contributed by atoms with E-state index in [1.165, 1.54) is 4.90 Å². The van der Waals surface area contributed by atoms with Gasteiger partial charge in [0.15, 0.2) is 0 Å².